The van der Waals surface area contributed by atoms with Crippen LogP contribution in [0.5, 0.6) is 0 Å². The van der Waals surface area contributed by atoms with Crippen LogP contribution in [0.4, 0.5) is 8.78 Å². The molecule has 84 valence electrons. The lowest BCUT2D eigenvalue weighted by Crippen LogP contribution is -2.01. The normalized spacial score (nSPS) is 10.7. The van der Waals surface area contributed by atoms with Crippen molar-refractivity contribution in [2.75, 3.05) is 0 Å². The zero-order valence-corrected chi connectivity index (χ0v) is 9.31. The van der Waals surface area contributed by atoms with Crippen LogP contribution >= 0.6 is 12.2 Å². The van der Waals surface area contributed by atoms with Crippen LogP contribution in [0.3, 0.4) is 0 Å². The molecule has 0 fully saturated rings. The number of halogens is 2. The Morgan fingerprint density at radius 3 is 2.75 bits per heavy atom. The van der Waals surface area contributed by atoms with E-state index >= 15 is 0 Å². The van der Waals surface area contributed by atoms with E-state index in [2.05, 4.69) is 10.2 Å². The lowest BCUT2D eigenvalue weighted by molar-refractivity contribution is 0.572. The fourth-order valence-electron chi connectivity index (χ4n) is 1.37. The molecule has 0 aliphatic heterocycles. The van der Waals surface area contributed by atoms with Crippen LogP contribution in [-0.2, 0) is 13.5 Å². The highest BCUT2D eigenvalue weighted by molar-refractivity contribution is 7.71. The summed E-state index contributed by atoms with van der Waals surface area (Å²) in [4.78, 5) is 0. The molecular weight excluding hydrogens is 232 g/mol. The van der Waals surface area contributed by atoms with Crippen LogP contribution in [0.15, 0.2) is 18.2 Å². The van der Waals surface area contributed by atoms with E-state index in [-0.39, 0.29) is 6.42 Å². The van der Waals surface area contributed by atoms with Crippen molar-refractivity contribution in [2.24, 2.45) is 7.05 Å². The van der Waals surface area contributed by atoms with Gasteiger partial charge in [-0.2, -0.15) is 5.10 Å². The third-order valence-electron chi connectivity index (χ3n) is 2.34. The Morgan fingerprint density at radius 2 is 2.19 bits per heavy atom. The van der Waals surface area contributed by atoms with Gasteiger partial charge in [0.25, 0.3) is 0 Å². The number of H-pyrrole nitrogens is 1. The Labute approximate surface area is 95.7 Å². The summed E-state index contributed by atoms with van der Waals surface area (Å²) in [5.41, 5.74) is 0.388. The molecule has 16 heavy (non-hydrogen) atoms. The first kappa shape index (κ1) is 10.9. The van der Waals surface area contributed by atoms with E-state index in [1.165, 1.54) is 12.1 Å². The second-order valence-corrected chi connectivity index (χ2v) is 3.80. The third kappa shape index (κ3) is 2.01. The number of nitrogens with one attached hydrogen (secondary N) is 1. The van der Waals surface area contributed by atoms with Crippen molar-refractivity contribution in [2.45, 2.75) is 6.42 Å². The van der Waals surface area contributed by atoms with Gasteiger partial charge < -0.3 is 4.57 Å². The van der Waals surface area contributed by atoms with Crippen LogP contribution in [-0.4, -0.2) is 14.8 Å². The van der Waals surface area contributed by atoms with Crippen molar-refractivity contribution >= 4 is 12.2 Å². The van der Waals surface area contributed by atoms with Gasteiger partial charge in [-0.05, 0) is 23.8 Å². The van der Waals surface area contributed by atoms with Crippen LogP contribution in [0.25, 0.3) is 0 Å². The second kappa shape index (κ2) is 4.13. The largest absolute Gasteiger partial charge is 0.307 e. The van der Waals surface area contributed by atoms with E-state index in [1.807, 2.05) is 0 Å². The number of benzene rings is 1. The van der Waals surface area contributed by atoms with Crippen molar-refractivity contribution in [1.29, 1.82) is 0 Å². The maximum atomic E-state index is 13.4. The highest BCUT2D eigenvalue weighted by atomic mass is 32.1. The second-order valence-electron chi connectivity index (χ2n) is 3.42. The molecule has 0 unspecified atom stereocenters. The van der Waals surface area contributed by atoms with Gasteiger partial charge in [-0.15, -0.1) is 0 Å². The lowest BCUT2D eigenvalue weighted by Gasteiger charge is -2.02. The molecule has 0 spiro atoms. The highest BCUT2D eigenvalue weighted by Crippen LogP contribution is 2.13. The maximum absolute atomic E-state index is 13.4. The fraction of sp³-hybridized carbons (Fsp3) is 0.200. The van der Waals surface area contributed by atoms with E-state index in [9.17, 15) is 8.78 Å². The highest BCUT2D eigenvalue weighted by Gasteiger charge is 2.08. The topological polar surface area (TPSA) is 33.6 Å². The molecule has 2 aromatic rings. The first-order valence-corrected chi connectivity index (χ1v) is 5.03. The molecule has 2 rings (SSSR count). The standard InChI is InChI=1S/C10H9F2N3S/c1-15-9(13-14-10(15)16)4-6-2-3-7(11)5-8(6)12/h2-3,5H,4H2,1H3,(H,14,16). The minimum Gasteiger partial charge on any atom is -0.307 e. The van der Waals surface area contributed by atoms with Crippen molar-refractivity contribution in [3.05, 3.63) is 46.0 Å². The third-order valence-corrected chi connectivity index (χ3v) is 2.70. The summed E-state index contributed by atoms with van der Waals surface area (Å²) < 4.78 is 28.2. The van der Waals surface area contributed by atoms with Gasteiger partial charge in [-0.3, -0.25) is 5.10 Å². The predicted octanol–water partition coefficient (Wildman–Crippen LogP) is 2.35. The Kier molecular flexibility index (Phi) is 2.82. The number of aromatic nitrogens is 3. The van der Waals surface area contributed by atoms with Gasteiger partial charge >= 0.3 is 0 Å². The van der Waals surface area contributed by atoms with E-state index in [0.29, 0.717) is 16.2 Å². The molecule has 0 amide bonds. The molecular formula is C10H9F2N3S. The number of hydrogen-bond donors (Lipinski definition) is 1. The molecule has 1 aromatic carbocycles. The fourth-order valence-corrected chi connectivity index (χ4v) is 1.52. The summed E-state index contributed by atoms with van der Waals surface area (Å²) in [5.74, 6) is -0.555. The SMILES string of the molecule is Cn1c(Cc2ccc(F)cc2F)n[nH]c1=S. The molecule has 0 radical (unpaired) electrons. The Morgan fingerprint density at radius 1 is 1.44 bits per heavy atom. The van der Waals surface area contributed by atoms with Gasteiger partial charge in [0.1, 0.15) is 17.5 Å². The molecule has 1 aromatic heterocycles. The quantitative estimate of drug-likeness (QED) is 0.819. The zero-order chi connectivity index (χ0) is 11.7. The van der Waals surface area contributed by atoms with Crippen molar-refractivity contribution in [1.82, 2.24) is 14.8 Å². The van der Waals surface area contributed by atoms with Gasteiger partial charge in [0.05, 0.1) is 0 Å². The first-order chi connectivity index (χ1) is 7.58. The summed E-state index contributed by atoms with van der Waals surface area (Å²) in [6, 6.07) is 3.48. The smallest absolute Gasteiger partial charge is 0.194 e. The number of aromatic amines is 1. The number of rotatable bonds is 2. The zero-order valence-electron chi connectivity index (χ0n) is 8.50. The summed E-state index contributed by atoms with van der Waals surface area (Å²) in [6.45, 7) is 0. The van der Waals surface area contributed by atoms with Gasteiger partial charge in [-0.25, -0.2) is 8.78 Å². The molecule has 0 aliphatic carbocycles. The maximum Gasteiger partial charge on any atom is 0.194 e. The molecule has 0 saturated carbocycles. The predicted molar refractivity (Wildman–Crippen MR) is 57.6 cm³/mol. The Bertz CT molecular complexity index is 574. The summed E-state index contributed by atoms with van der Waals surface area (Å²) in [5, 5.41) is 6.57. The van der Waals surface area contributed by atoms with Gasteiger partial charge in [-0.1, -0.05) is 6.07 Å². The summed E-state index contributed by atoms with van der Waals surface area (Å²) >= 11 is 4.94. The molecule has 0 atom stereocenters. The Balaban J connectivity index is 2.34. The summed E-state index contributed by atoms with van der Waals surface area (Å²) in [7, 11) is 1.74. The number of hydrogen-bond acceptors (Lipinski definition) is 2. The van der Waals surface area contributed by atoms with Crippen molar-refractivity contribution in [3.63, 3.8) is 0 Å². The minimum absolute atomic E-state index is 0.274. The van der Waals surface area contributed by atoms with Gasteiger partial charge in [0.2, 0.25) is 0 Å². The molecule has 1 N–H and O–H groups in total. The van der Waals surface area contributed by atoms with Crippen LogP contribution in [0.2, 0.25) is 0 Å². The molecule has 1 heterocycles. The molecule has 3 nitrogen and oxygen atoms in total. The number of nitrogens with zero attached hydrogens (tertiary/aromatic N) is 2. The average Bonchev–Trinajstić information content (AvgIpc) is 2.54. The summed E-state index contributed by atoms with van der Waals surface area (Å²) in [6.07, 6.45) is 0.274. The van der Waals surface area contributed by atoms with E-state index in [1.54, 1.807) is 11.6 Å². The van der Waals surface area contributed by atoms with E-state index in [4.69, 9.17) is 12.2 Å². The van der Waals surface area contributed by atoms with Gasteiger partial charge in [0, 0.05) is 19.5 Å². The van der Waals surface area contributed by atoms with Crippen LogP contribution < -0.4 is 0 Å². The molecule has 0 bridgehead atoms. The first-order valence-electron chi connectivity index (χ1n) is 4.62. The van der Waals surface area contributed by atoms with Crippen molar-refractivity contribution in [3.8, 4) is 0 Å². The van der Waals surface area contributed by atoms with E-state index in [0.717, 1.165) is 6.07 Å². The molecule has 6 heteroatoms. The van der Waals surface area contributed by atoms with Gasteiger partial charge in [0.15, 0.2) is 4.77 Å². The van der Waals surface area contributed by atoms with Crippen LogP contribution in [0, 0.1) is 16.4 Å². The minimum atomic E-state index is -0.586. The average molecular weight is 241 g/mol. The monoisotopic (exact) mass is 241 g/mol. The Hall–Kier alpha value is -1.56. The van der Waals surface area contributed by atoms with E-state index < -0.39 is 11.6 Å². The molecule has 0 aliphatic rings. The van der Waals surface area contributed by atoms with Crippen LogP contribution in [0.1, 0.15) is 11.4 Å². The lowest BCUT2D eigenvalue weighted by atomic mass is 10.1. The molecule has 0 saturated heterocycles. The van der Waals surface area contributed by atoms with Crippen molar-refractivity contribution < 1.29 is 8.78 Å².